The average Bonchev–Trinajstić information content (AvgIpc) is 2.70. The summed E-state index contributed by atoms with van der Waals surface area (Å²) in [5.74, 6) is 0.0627. The van der Waals surface area contributed by atoms with Gasteiger partial charge in [0.2, 0.25) is 0 Å². The van der Waals surface area contributed by atoms with Crippen LogP contribution < -0.4 is 10.6 Å². The molecule has 4 rings (SSSR count). The lowest BCUT2D eigenvalue weighted by atomic mass is 9.99. The number of amides is 1. The van der Waals surface area contributed by atoms with E-state index in [1.807, 2.05) is 35.2 Å². The molecule has 0 radical (unpaired) electrons. The summed E-state index contributed by atoms with van der Waals surface area (Å²) in [7, 11) is 2.17. The summed E-state index contributed by atoms with van der Waals surface area (Å²) in [6, 6.07) is 14.0. The number of hydrogen-bond donors (Lipinski definition) is 1. The van der Waals surface area contributed by atoms with Crippen molar-refractivity contribution in [2.24, 2.45) is 0 Å². The first-order chi connectivity index (χ1) is 13.1. The SMILES string of the molecule is CN1CCN(Cc2ccc(C(=O)N3CCCc4c(N)cccc43)cc2)CC1. The fourth-order valence-corrected chi connectivity index (χ4v) is 4.04. The monoisotopic (exact) mass is 364 g/mol. The van der Waals surface area contributed by atoms with Crippen molar-refractivity contribution in [1.29, 1.82) is 0 Å². The lowest BCUT2D eigenvalue weighted by Crippen LogP contribution is -2.43. The van der Waals surface area contributed by atoms with Crippen LogP contribution in [0, 0.1) is 0 Å². The molecular weight excluding hydrogens is 336 g/mol. The van der Waals surface area contributed by atoms with Crippen molar-refractivity contribution in [2.75, 3.05) is 50.4 Å². The zero-order valence-electron chi connectivity index (χ0n) is 16.0. The van der Waals surface area contributed by atoms with Crippen LogP contribution in [0.2, 0.25) is 0 Å². The van der Waals surface area contributed by atoms with Gasteiger partial charge in [-0.05, 0) is 55.3 Å². The summed E-state index contributed by atoms with van der Waals surface area (Å²) in [5.41, 5.74) is 11.0. The van der Waals surface area contributed by atoms with Crippen LogP contribution in [0.1, 0.15) is 27.9 Å². The molecule has 1 saturated heterocycles. The molecule has 2 N–H and O–H groups in total. The van der Waals surface area contributed by atoms with Crippen LogP contribution in [-0.2, 0) is 13.0 Å². The van der Waals surface area contributed by atoms with E-state index in [0.717, 1.165) is 74.6 Å². The van der Waals surface area contributed by atoms with Crippen molar-refractivity contribution >= 4 is 17.3 Å². The summed E-state index contributed by atoms with van der Waals surface area (Å²) in [5, 5.41) is 0. The topological polar surface area (TPSA) is 52.8 Å². The van der Waals surface area contributed by atoms with Gasteiger partial charge in [0.15, 0.2) is 0 Å². The van der Waals surface area contributed by atoms with E-state index in [4.69, 9.17) is 5.73 Å². The predicted molar refractivity (Wildman–Crippen MR) is 110 cm³/mol. The first-order valence-corrected chi connectivity index (χ1v) is 9.81. The normalized spacial score (nSPS) is 18.3. The number of carbonyl (C=O) groups is 1. The van der Waals surface area contributed by atoms with E-state index < -0.39 is 0 Å². The summed E-state index contributed by atoms with van der Waals surface area (Å²) >= 11 is 0. The highest BCUT2D eigenvalue weighted by Gasteiger charge is 2.24. The van der Waals surface area contributed by atoms with E-state index in [1.165, 1.54) is 5.56 Å². The molecule has 27 heavy (non-hydrogen) atoms. The minimum Gasteiger partial charge on any atom is -0.398 e. The Morgan fingerprint density at radius 3 is 2.48 bits per heavy atom. The molecule has 2 aliphatic rings. The quantitative estimate of drug-likeness (QED) is 0.851. The number of nitrogen functional groups attached to an aromatic ring is 1. The predicted octanol–water partition coefficient (Wildman–Crippen LogP) is 2.61. The highest BCUT2D eigenvalue weighted by atomic mass is 16.2. The minimum absolute atomic E-state index is 0.0627. The Hall–Kier alpha value is -2.37. The fraction of sp³-hybridized carbons (Fsp3) is 0.409. The summed E-state index contributed by atoms with van der Waals surface area (Å²) < 4.78 is 0. The summed E-state index contributed by atoms with van der Waals surface area (Å²) in [6.07, 6.45) is 1.89. The number of carbonyl (C=O) groups excluding carboxylic acids is 1. The van der Waals surface area contributed by atoms with E-state index in [1.54, 1.807) is 0 Å². The van der Waals surface area contributed by atoms with Crippen LogP contribution in [0.4, 0.5) is 11.4 Å². The molecule has 2 aromatic carbocycles. The molecule has 0 aromatic heterocycles. The second-order valence-corrected chi connectivity index (χ2v) is 7.68. The number of hydrogen-bond acceptors (Lipinski definition) is 4. The first kappa shape index (κ1) is 18.0. The molecule has 0 bridgehead atoms. The Morgan fingerprint density at radius 2 is 1.74 bits per heavy atom. The standard InChI is InChI=1S/C22H28N4O/c1-24-12-14-25(15-13-24)16-17-7-9-18(10-8-17)22(27)26-11-3-4-19-20(23)5-2-6-21(19)26/h2,5-10H,3-4,11-16,23H2,1H3. The van der Waals surface area contributed by atoms with Crippen molar-refractivity contribution in [1.82, 2.24) is 9.80 Å². The number of anilines is 2. The molecule has 2 aliphatic heterocycles. The maximum atomic E-state index is 13.1. The zero-order valence-corrected chi connectivity index (χ0v) is 16.0. The molecule has 2 aromatic rings. The van der Waals surface area contributed by atoms with Gasteiger partial charge in [-0.1, -0.05) is 18.2 Å². The Bertz CT molecular complexity index is 810. The van der Waals surface area contributed by atoms with Gasteiger partial charge < -0.3 is 15.5 Å². The van der Waals surface area contributed by atoms with Gasteiger partial charge in [0.25, 0.3) is 5.91 Å². The maximum absolute atomic E-state index is 13.1. The Balaban J connectivity index is 1.47. The van der Waals surface area contributed by atoms with Gasteiger partial charge in [0.05, 0.1) is 0 Å². The number of likely N-dealkylation sites (N-methyl/N-ethyl adjacent to an activating group) is 1. The maximum Gasteiger partial charge on any atom is 0.258 e. The Labute approximate surface area is 161 Å². The third-order valence-electron chi connectivity index (χ3n) is 5.73. The third kappa shape index (κ3) is 3.84. The molecular formula is C22H28N4O. The lowest BCUT2D eigenvalue weighted by molar-refractivity contribution is 0.0985. The molecule has 0 unspecified atom stereocenters. The van der Waals surface area contributed by atoms with Crippen molar-refractivity contribution in [3.63, 3.8) is 0 Å². The zero-order chi connectivity index (χ0) is 18.8. The lowest BCUT2D eigenvalue weighted by Gasteiger charge is -2.32. The van der Waals surface area contributed by atoms with Crippen LogP contribution >= 0.6 is 0 Å². The number of fused-ring (bicyclic) bond motifs is 1. The van der Waals surface area contributed by atoms with Gasteiger partial charge in [0.1, 0.15) is 0 Å². The molecule has 5 nitrogen and oxygen atoms in total. The van der Waals surface area contributed by atoms with Crippen LogP contribution in [0.5, 0.6) is 0 Å². The third-order valence-corrected chi connectivity index (χ3v) is 5.73. The number of piperazine rings is 1. The second kappa shape index (κ2) is 7.71. The van der Waals surface area contributed by atoms with Crippen LogP contribution in [0.25, 0.3) is 0 Å². The van der Waals surface area contributed by atoms with Gasteiger partial charge in [-0.3, -0.25) is 9.69 Å². The highest BCUT2D eigenvalue weighted by molar-refractivity contribution is 6.07. The van der Waals surface area contributed by atoms with Gasteiger partial charge in [0, 0.05) is 56.2 Å². The van der Waals surface area contributed by atoms with Crippen molar-refractivity contribution in [2.45, 2.75) is 19.4 Å². The fourth-order valence-electron chi connectivity index (χ4n) is 4.04. The highest BCUT2D eigenvalue weighted by Crippen LogP contribution is 2.32. The molecule has 2 heterocycles. The second-order valence-electron chi connectivity index (χ2n) is 7.68. The number of nitrogens with two attached hydrogens (primary N) is 1. The van der Waals surface area contributed by atoms with E-state index in [2.05, 4.69) is 29.0 Å². The molecule has 0 spiro atoms. The smallest absolute Gasteiger partial charge is 0.258 e. The number of rotatable bonds is 3. The largest absolute Gasteiger partial charge is 0.398 e. The molecule has 142 valence electrons. The van der Waals surface area contributed by atoms with Crippen LogP contribution in [0.3, 0.4) is 0 Å². The van der Waals surface area contributed by atoms with E-state index in [9.17, 15) is 4.79 Å². The molecule has 0 atom stereocenters. The molecule has 1 amide bonds. The average molecular weight is 364 g/mol. The summed E-state index contributed by atoms with van der Waals surface area (Å²) in [4.78, 5) is 19.8. The van der Waals surface area contributed by atoms with Gasteiger partial charge >= 0.3 is 0 Å². The van der Waals surface area contributed by atoms with Crippen molar-refractivity contribution in [3.8, 4) is 0 Å². The van der Waals surface area contributed by atoms with Gasteiger partial charge in [-0.25, -0.2) is 0 Å². The molecule has 5 heteroatoms. The van der Waals surface area contributed by atoms with E-state index in [-0.39, 0.29) is 5.91 Å². The molecule has 1 fully saturated rings. The Morgan fingerprint density at radius 1 is 1.00 bits per heavy atom. The number of nitrogens with zero attached hydrogens (tertiary/aromatic N) is 3. The molecule has 0 saturated carbocycles. The first-order valence-electron chi connectivity index (χ1n) is 9.81. The Kier molecular flexibility index (Phi) is 5.14. The van der Waals surface area contributed by atoms with E-state index in [0.29, 0.717) is 0 Å². The van der Waals surface area contributed by atoms with Crippen molar-refractivity contribution in [3.05, 3.63) is 59.2 Å². The van der Waals surface area contributed by atoms with Gasteiger partial charge in [-0.2, -0.15) is 0 Å². The summed E-state index contributed by atoms with van der Waals surface area (Å²) in [6.45, 7) is 6.14. The minimum atomic E-state index is 0.0627. The molecule has 0 aliphatic carbocycles. The van der Waals surface area contributed by atoms with Crippen LogP contribution in [-0.4, -0.2) is 55.5 Å². The number of benzene rings is 2. The van der Waals surface area contributed by atoms with E-state index >= 15 is 0 Å². The van der Waals surface area contributed by atoms with Gasteiger partial charge in [-0.15, -0.1) is 0 Å². The van der Waals surface area contributed by atoms with Crippen molar-refractivity contribution < 1.29 is 4.79 Å². The van der Waals surface area contributed by atoms with Crippen LogP contribution in [0.15, 0.2) is 42.5 Å².